The first-order valence-electron chi connectivity index (χ1n) is 8.81. The number of aryl methyl sites for hydroxylation is 1. The lowest BCUT2D eigenvalue weighted by atomic mass is 9.97. The topological polar surface area (TPSA) is 62.4 Å². The summed E-state index contributed by atoms with van der Waals surface area (Å²) in [5.74, 6) is 0.553. The van der Waals surface area contributed by atoms with E-state index in [1.807, 2.05) is 12.1 Å². The molecule has 3 aromatic rings. The number of hydrogen-bond donors (Lipinski definition) is 1. The van der Waals surface area contributed by atoms with E-state index in [-0.39, 0.29) is 18.1 Å². The molecule has 0 fully saturated rings. The number of nitrogens with zero attached hydrogens (tertiary/aromatic N) is 1. The van der Waals surface area contributed by atoms with Crippen LogP contribution in [0, 0.1) is 6.92 Å². The maximum atomic E-state index is 12.5. The van der Waals surface area contributed by atoms with Crippen LogP contribution in [0.15, 0.2) is 47.3 Å². The summed E-state index contributed by atoms with van der Waals surface area (Å²) in [6, 6.07) is 12.9. The van der Waals surface area contributed by atoms with Crippen LogP contribution in [-0.2, 0) is 17.8 Å². The van der Waals surface area contributed by atoms with E-state index in [0.717, 1.165) is 22.9 Å². The molecule has 2 heterocycles. The first-order chi connectivity index (χ1) is 13.0. The van der Waals surface area contributed by atoms with Crippen molar-refractivity contribution in [3.8, 4) is 5.75 Å². The maximum Gasteiger partial charge on any atom is 0.260 e. The second-order valence-electron chi connectivity index (χ2n) is 6.80. The fourth-order valence-corrected chi connectivity index (χ4v) is 3.48. The second kappa shape index (κ2) is 7.08. The SMILES string of the molecule is Cc1cc2cc3c(cc2[nH]c1=O)CN(C(=O)COc1ccc(Cl)cc1)CC3. The van der Waals surface area contributed by atoms with Crippen LogP contribution < -0.4 is 10.3 Å². The molecule has 1 aliphatic rings. The zero-order chi connectivity index (χ0) is 19.0. The number of aromatic nitrogens is 1. The average molecular weight is 383 g/mol. The van der Waals surface area contributed by atoms with Crippen LogP contribution >= 0.6 is 11.6 Å². The molecular weight excluding hydrogens is 364 g/mol. The Morgan fingerprint density at radius 3 is 2.74 bits per heavy atom. The van der Waals surface area contributed by atoms with Gasteiger partial charge in [0.25, 0.3) is 11.5 Å². The van der Waals surface area contributed by atoms with Gasteiger partial charge in [0.05, 0.1) is 0 Å². The molecule has 0 radical (unpaired) electrons. The van der Waals surface area contributed by atoms with Crippen LogP contribution in [0.25, 0.3) is 10.9 Å². The van der Waals surface area contributed by atoms with E-state index in [1.54, 1.807) is 36.1 Å². The number of H-pyrrole nitrogens is 1. The number of nitrogens with one attached hydrogen (secondary N) is 1. The molecule has 138 valence electrons. The van der Waals surface area contributed by atoms with Gasteiger partial charge in [-0.2, -0.15) is 0 Å². The third-order valence-electron chi connectivity index (χ3n) is 4.89. The van der Waals surface area contributed by atoms with Gasteiger partial charge in [0.15, 0.2) is 6.61 Å². The molecule has 1 N–H and O–H groups in total. The molecule has 6 heteroatoms. The van der Waals surface area contributed by atoms with Crippen LogP contribution in [0.2, 0.25) is 5.02 Å². The third kappa shape index (κ3) is 3.69. The molecule has 0 saturated heterocycles. The van der Waals surface area contributed by atoms with Gasteiger partial charge in [-0.25, -0.2) is 0 Å². The molecule has 2 aromatic carbocycles. The van der Waals surface area contributed by atoms with Gasteiger partial charge in [-0.15, -0.1) is 0 Å². The number of halogens is 1. The summed E-state index contributed by atoms with van der Waals surface area (Å²) < 4.78 is 5.57. The van der Waals surface area contributed by atoms with E-state index in [1.165, 1.54) is 5.56 Å². The molecule has 0 spiro atoms. The summed E-state index contributed by atoms with van der Waals surface area (Å²) in [7, 11) is 0. The van der Waals surface area contributed by atoms with Crippen LogP contribution in [0.3, 0.4) is 0 Å². The Bertz CT molecular complexity index is 1070. The molecule has 1 aliphatic heterocycles. The summed E-state index contributed by atoms with van der Waals surface area (Å²) >= 11 is 5.85. The molecule has 4 rings (SSSR count). The number of pyridine rings is 1. The zero-order valence-electron chi connectivity index (χ0n) is 14.9. The van der Waals surface area contributed by atoms with Crippen LogP contribution in [0.4, 0.5) is 0 Å². The van der Waals surface area contributed by atoms with Crippen molar-refractivity contribution in [1.82, 2.24) is 9.88 Å². The van der Waals surface area contributed by atoms with Gasteiger partial charge in [0, 0.05) is 29.2 Å². The molecule has 0 bridgehead atoms. The summed E-state index contributed by atoms with van der Waals surface area (Å²) in [4.78, 5) is 29.1. The van der Waals surface area contributed by atoms with Gasteiger partial charge >= 0.3 is 0 Å². The van der Waals surface area contributed by atoms with Crippen molar-refractivity contribution in [2.24, 2.45) is 0 Å². The maximum absolute atomic E-state index is 12.5. The predicted molar refractivity (Wildman–Crippen MR) is 105 cm³/mol. The van der Waals surface area contributed by atoms with Gasteiger partial charge in [-0.1, -0.05) is 11.6 Å². The Morgan fingerprint density at radius 2 is 1.96 bits per heavy atom. The third-order valence-corrected chi connectivity index (χ3v) is 5.14. The lowest BCUT2D eigenvalue weighted by Gasteiger charge is -2.29. The van der Waals surface area contributed by atoms with Gasteiger partial charge in [-0.3, -0.25) is 9.59 Å². The van der Waals surface area contributed by atoms with Gasteiger partial charge in [-0.05, 0) is 72.3 Å². The van der Waals surface area contributed by atoms with Gasteiger partial charge < -0.3 is 14.6 Å². The van der Waals surface area contributed by atoms with Crippen molar-refractivity contribution in [3.63, 3.8) is 0 Å². The predicted octanol–water partition coefficient (Wildman–Crippen LogP) is 3.45. The molecular formula is C21H19ClN2O3. The fraction of sp³-hybridized carbons (Fsp3) is 0.238. The van der Waals surface area contributed by atoms with Gasteiger partial charge in [0.2, 0.25) is 0 Å². The number of carbonyl (C=O) groups excluding carboxylic acids is 1. The number of aromatic amines is 1. The highest BCUT2D eigenvalue weighted by molar-refractivity contribution is 6.30. The Labute approximate surface area is 161 Å². The molecule has 0 unspecified atom stereocenters. The number of ether oxygens (including phenoxy) is 1. The minimum atomic E-state index is -0.0810. The van der Waals surface area contributed by atoms with Crippen LogP contribution in [0.1, 0.15) is 16.7 Å². The number of hydrogen-bond acceptors (Lipinski definition) is 3. The molecule has 1 amide bonds. The fourth-order valence-electron chi connectivity index (χ4n) is 3.36. The summed E-state index contributed by atoms with van der Waals surface area (Å²) in [5.41, 5.74) is 3.71. The summed E-state index contributed by atoms with van der Waals surface area (Å²) in [5, 5.41) is 1.65. The second-order valence-corrected chi connectivity index (χ2v) is 7.23. The lowest BCUT2D eigenvalue weighted by Crippen LogP contribution is -2.38. The lowest BCUT2D eigenvalue weighted by molar-refractivity contribution is -0.134. The van der Waals surface area contributed by atoms with E-state index >= 15 is 0 Å². The highest BCUT2D eigenvalue weighted by Gasteiger charge is 2.21. The monoisotopic (exact) mass is 382 g/mol. The van der Waals surface area contributed by atoms with E-state index in [2.05, 4.69) is 11.1 Å². The molecule has 0 atom stereocenters. The number of amides is 1. The van der Waals surface area contributed by atoms with E-state index < -0.39 is 0 Å². The average Bonchev–Trinajstić information content (AvgIpc) is 2.66. The highest BCUT2D eigenvalue weighted by atomic mass is 35.5. The summed E-state index contributed by atoms with van der Waals surface area (Å²) in [6.45, 7) is 2.97. The van der Waals surface area contributed by atoms with Crippen molar-refractivity contribution in [2.75, 3.05) is 13.2 Å². The van der Waals surface area contributed by atoms with E-state index in [4.69, 9.17) is 16.3 Å². The van der Waals surface area contributed by atoms with Crippen molar-refractivity contribution in [3.05, 3.63) is 74.5 Å². The first-order valence-corrected chi connectivity index (χ1v) is 9.19. The van der Waals surface area contributed by atoms with Crippen molar-refractivity contribution in [2.45, 2.75) is 19.9 Å². The molecule has 1 aromatic heterocycles. The Kier molecular flexibility index (Phi) is 4.62. The number of carbonyl (C=O) groups is 1. The molecule has 27 heavy (non-hydrogen) atoms. The van der Waals surface area contributed by atoms with E-state index in [0.29, 0.717) is 29.4 Å². The first kappa shape index (κ1) is 17.6. The smallest absolute Gasteiger partial charge is 0.260 e. The van der Waals surface area contributed by atoms with Crippen molar-refractivity contribution in [1.29, 1.82) is 0 Å². The minimum absolute atomic E-state index is 0.0133. The van der Waals surface area contributed by atoms with Crippen molar-refractivity contribution < 1.29 is 9.53 Å². The molecule has 0 aliphatic carbocycles. The Balaban J connectivity index is 1.49. The van der Waals surface area contributed by atoms with Crippen LogP contribution in [-0.4, -0.2) is 28.9 Å². The van der Waals surface area contributed by atoms with Crippen molar-refractivity contribution >= 4 is 28.4 Å². The number of fused-ring (bicyclic) bond motifs is 2. The Morgan fingerprint density at radius 1 is 1.19 bits per heavy atom. The standard InChI is InChI=1S/C21H19ClN2O3/c1-13-8-15-9-14-6-7-24(11-16(14)10-19(15)23-21(13)26)20(25)12-27-18-4-2-17(22)3-5-18/h2-5,8-10H,6-7,11-12H2,1H3,(H,23,26). The summed E-state index contributed by atoms with van der Waals surface area (Å²) in [6.07, 6.45) is 0.788. The molecule has 0 saturated carbocycles. The largest absolute Gasteiger partial charge is 0.484 e. The molecule has 5 nitrogen and oxygen atoms in total. The number of rotatable bonds is 3. The van der Waals surface area contributed by atoms with Gasteiger partial charge in [0.1, 0.15) is 5.75 Å². The zero-order valence-corrected chi connectivity index (χ0v) is 15.7. The highest BCUT2D eigenvalue weighted by Crippen LogP contribution is 2.24. The van der Waals surface area contributed by atoms with E-state index in [9.17, 15) is 9.59 Å². The minimum Gasteiger partial charge on any atom is -0.484 e. The Hall–Kier alpha value is -2.79. The quantitative estimate of drug-likeness (QED) is 0.754. The normalized spacial score (nSPS) is 13.5. The van der Waals surface area contributed by atoms with Crippen LogP contribution in [0.5, 0.6) is 5.75 Å². The number of benzene rings is 2.